The molecule has 2 heterocycles. The minimum atomic E-state index is -0.494. The third-order valence-electron chi connectivity index (χ3n) is 7.14. The number of fused-ring (bicyclic) bond motifs is 1. The van der Waals surface area contributed by atoms with E-state index in [4.69, 9.17) is 4.74 Å². The van der Waals surface area contributed by atoms with Gasteiger partial charge in [-0.15, -0.1) is 16.4 Å². The molecule has 0 N–H and O–H groups in total. The van der Waals surface area contributed by atoms with E-state index in [1.165, 1.54) is 35.3 Å². The van der Waals surface area contributed by atoms with Crippen molar-refractivity contribution in [2.75, 3.05) is 6.61 Å². The largest absolute Gasteiger partial charge is 0.462 e. The van der Waals surface area contributed by atoms with Crippen LogP contribution in [0.15, 0.2) is 4.79 Å². The number of ether oxygens (including phenoxy) is 1. The Hall–Kier alpha value is -2.09. The van der Waals surface area contributed by atoms with E-state index in [1.807, 2.05) is 0 Å². The average Bonchev–Trinajstić information content (AvgIpc) is 3.00. The number of carbonyl (C=O) groups excluding carboxylic acids is 2. The number of Topliss-reactive ketones (excluding diaryl/α,β-unsaturated/α-hetero) is 1. The molecule has 0 amide bonds. The van der Waals surface area contributed by atoms with Crippen molar-refractivity contribution in [3.05, 3.63) is 20.1 Å². The molecule has 4 saturated carbocycles. The summed E-state index contributed by atoms with van der Waals surface area (Å²) in [5.74, 6) is 1.64. The maximum atomic E-state index is 13.3. The predicted octanol–water partition coefficient (Wildman–Crippen LogP) is 3.12. The number of thiophene rings is 1. The Bertz CT molecular complexity index is 1030. The molecular formula is C21H25N3O4S. The number of rotatable bonds is 5. The minimum absolute atomic E-state index is 0.0298. The molecule has 4 aliphatic carbocycles. The van der Waals surface area contributed by atoms with Crippen LogP contribution in [0.2, 0.25) is 0 Å². The zero-order chi connectivity index (χ0) is 20.3. The standard InChI is InChI=1S/C21H25N3O4S/c1-3-28-20(27)18-17-16(11(2)29-18)19(26)24(23-22-17)10-15(25)21-7-12-4-13(8-21)6-14(5-12)9-21/h12-14H,3-10H2,1-2H3. The molecular weight excluding hydrogens is 390 g/mol. The third-order valence-corrected chi connectivity index (χ3v) is 8.22. The Kier molecular flexibility index (Phi) is 4.38. The van der Waals surface area contributed by atoms with Crippen molar-refractivity contribution in [3.63, 3.8) is 0 Å². The van der Waals surface area contributed by atoms with Gasteiger partial charge < -0.3 is 4.74 Å². The van der Waals surface area contributed by atoms with Crippen molar-refractivity contribution < 1.29 is 14.3 Å². The third kappa shape index (κ3) is 2.95. The van der Waals surface area contributed by atoms with Crippen LogP contribution in [0, 0.1) is 30.1 Å². The highest BCUT2D eigenvalue weighted by molar-refractivity contribution is 7.15. The topological polar surface area (TPSA) is 91.2 Å². The van der Waals surface area contributed by atoms with Crippen LogP contribution < -0.4 is 5.56 Å². The molecule has 4 fully saturated rings. The monoisotopic (exact) mass is 415 g/mol. The van der Waals surface area contributed by atoms with Crippen LogP contribution in [0.3, 0.4) is 0 Å². The number of esters is 1. The molecule has 154 valence electrons. The molecule has 4 aliphatic rings. The molecule has 7 nitrogen and oxygen atoms in total. The summed E-state index contributed by atoms with van der Waals surface area (Å²) in [5.41, 5.74) is -0.350. The maximum absolute atomic E-state index is 13.3. The van der Waals surface area contributed by atoms with Gasteiger partial charge in [-0.25, -0.2) is 9.48 Å². The van der Waals surface area contributed by atoms with E-state index in [2.05, 4.69) is 10.3 Å². The van der Waals surface area contributed by atoms with Gasteiger partial charge >= 0.3 is 5.97 Å². The van der Waals surface area contributed by atoms with Crippen molar-refractivity contribution in [1.29, 1.82) is 0 Å². The quantitative estimate of drug-likeness (QED) is 0.697. The summed E-state index contributed by atoms with van der Waals surface area (Å²) in [6.45, 7) is 3.73. The van der Waals surface area contributed by atoms with Crippen LogP contribution in [0.25, 0.3) is 10.9 Å². The second-order valence-electron chi connectivity index (χ2n) is 9.10. The summed E-state index contributed by atoms with van der Waals surface area (Å²) in [4.78, 5) is 39.6. The summed E-state index contributed by atoms with van der Waals surface area (Å²) < 4.78 is 6.25. The first kappa shape index (κ1) is 18.9. The smallest absolute Gasteiger partial charge is 0.350 e. The van der Waals surface area contributed by atoms with Crippen LogP contribution in [0.1, 0.15) is 60.0 Å². The van der Waals surface area contributed by atoms with E-state index in [1.54, 1.807) is 13.8 Å². The fourth-order valence-corrected chi connectivity index (χ4v) is 7.32. The van der Waals surface area contributed by atoms with Gasteiger partial charge in [-0.3, -0.25) is 9.59 Å². The van der Waals surface area contributed by atoms with Crippen LogP contribution in [0.5, 0.6) is 0 Å². The summed E-state index contributed by atoms with van der Waals surface area (Å²) in [6, 6.07) is 0. The number of hydrogen-bond donors (Lipinski definition) is 0. The van der Waals surface area contributed by atoms with Gasteiger partial charge in [0.1, 0.15) is 16.9 Å². The molecule has 8 heteroatoms. The number of hydrogen-bond acceptors (Lipinski definition) is 7. The molecule has 2 aromatic heterocycles. The van der Waals surface area contributed by atoms with Crippen LogP contribution >= 0.6 is 11.3 Å². The zero-order valence-electron chi connectivity index (χ0n) is 16.8. The summed E-state index contributed by atoms with van der Waals surface area (Å²) in [7, 11) is 0. The second-order valence-corrected chi connectivity index (χ2v) is 10.3. The predicted molar refractivity (Wildman–Crippen MR) is 108 cm³/mol. The Morgan fingerprint density at radius 3 is 2.38 bits per heavy atom. The molecule has 29 heavy (non-hydrogen) atoms. The van der Waals surface area contributed by atoms with Crippen LogP contribution in [-0.2, 0) is 16.1 Å². The van der Waals surface area contributed by atoms with Gasteiger partial charge in [0, 0.05) is 10.3 Å². The lowest BCUT2D eigenvalue weighted by Gasteiger charge is -2.55. The Balaban J connectivity index is 1.46. The molecule has 0 aliphatic heterocycles. The van der Waals surface area contributed by atoms with Crippen molar-refractivity contribution >= 4 is 34.0 Å². The maximum Gasteiger partial charge on any atom is 0.350 e. The van der Waals surface area contributed by atoms with Gasteiger partial charge in [0.2, 0.25) is 0 Å². The summed E-state index contributed by atoms with van der Waals surface area (Å²) in [6.07, 6.45) is 6.70. The first-order valence-electron chi connectivity index (χ1n) is 10.5. The Labute approximate surface area is 172 Å². The van der Waals surface area contributed by atoms with Crippen molar-refractivity contribution in [2.24, 2.45) is 23.2 Å². The summed E-state index contributed by atoms with van der Waals surface area (Å²) >= 11 is 1.19. The highest BCUT2D eigenvalue weighted by Crippen LogP contribution is 2.60. The van der Waals surface area contributed by atoms with Gasteiger partial charge in [-0.2, -0.15) is 0 Å². The van der Waals surface area contributed by atoms with E-state index in [9.17, 15) is 14.4 Å². The second kappa shape index (κ2) is 6.72. The van der Waals surface area contributed by atoms with E-state index < -0.39 is 5.97 Å². The molecule has 0 unspecified atom stereocenters. The van der Waals surface area contributed by atoms with E-state index in [-0.39, 0.29) is 35.4 Å². The number of aromatic nitrogens is 3. The fraction of sp³-hybridized carbons (Fsp3) is 0.667. The van der Waals surface area contributed by atoms with E-state index in [0.29, 0.717) is 32.9 Å². The molecule has 6 rings (SSSR count). The number of nitrogens with zero attached hydrogens (tertiary/aromatic N) is 3. The van der Waals surface area contributed by atoms with Crippen molar-refractivity contribution in [3.8, 4) is 0 Å². The van der Waals surface area contributed by atoms with Crippen molar-refractivity contribution in [2.45, 2.75) is 58.9 Å². The normalized spacial score (nSPS) is 30.1. The zero-order valence-corrected chi connectivity index (χ0v) is 17.6. The van der Waals surface area contributed by atoms with Gasteiger partial charge in [0.15, 0.2) is 5.78 Å². The Morgan fingerprint density at radius 1 is 1.17 bits per heavy atom. The molecule has 0 saturated heterocycles. The molecule has 2 aromatic rings. The van der Waals surface area contributed by atoms with Gasteiger partial charge in [0.25, 0.3) is 5.56 Å². The van der Waals surface area contributed by atoms with Crippen molar-refractivity contribution in [1.82, 2.24) is 15.0 Å². The van der Waals surface area contributed by atoms with E-state index in [0.717, 1.165) is 19.3 Å². The van der Waals surface area contributed by atoms with E-state index >= 15 is 0 Å². The van der Waals surface area contributed by atoms with Crippen LogP contribution in [0.4, 0.5) is 0 Å². The minimum Gasteiger partial charge on any atom is -0.462 e. The Morgan fingerprint density at radius 2 is 1.79 bits per heavy atom. The highest BCUT2D eigenvalue weighted by atomic mass is 32.1. The number of aryl methyl sites for hydroxylation is 1. The number of carbonyl (C=O) groups is 2. The van der Waals surface area contributed by atoms with Gasteiger partial charge in [0.05, 0.1) is 12.0 Å². The lowest BCUT2D eigenvalue weighted by Crippen LogP contribution is -2.51. The lowest BCUT2D eigenvalue weighted by molar-refractivity contribution is -0.144. The SMILES string of the molecule is CCOC(=O)c1sc(C)c2c(=O)n(CC(=O)C34CC5CC(CC(C5)C3)C4)nnc12. The first-order valence-corrected chi connectivity index (χ1v) is 11.3. The van der Waals surface area contributed by atoms with Gasteiger partial charge in [-0.1, -0.05) is 5.21 Å². The number of ketones is 1. The highest BCUT2D eigenvalue weighted by Gasteiger charge is 2.54. The molecule has 0 radical (unpaired) electrons. The van der Waals surface area contributed by atoms with Gasteiger partial charge in [-0.05, 0) is 70.1 Å². The molecule has 0 aromatic carbocycles. The molecule has 4 bridgehead atoms. The summed E-state index contributed by atoms with van der Waals surface area (Å²) in [5, 5.41) is 8.53. The average molecular weight is 416 g/mol. The lowest BCUT2D eigenvalue weighted by atomic mass is 9.48. The molecule has 0 spiro atoms. The van der Waals surface area contributed by atoms with Crippen LogP contribution in [-0.4, -0.2) is 33.4 Å². The molecule has 0 atom stereocenters. The first-order chi connectivity index (χ1) is 13.9. The fourth-order valence-electron chi connectivity index (χ4n) is 6.34.